The van der Waals surface area contributed by atoms with Gasteiger partial charge in [0.05, 0.1) is 0 Å². The van der Waals surface area contributed by atoms with E-state index in [0.29, 0.717) is 17.7 Å². The van der Waals surface area contributed by atoms with Crippen LogP contribution in [0.4, 0.5) is 5.82 Å². The van der Waals surface area contributed by atoms with E-state index in [4.69, 9.17) is 0 Å². The summed E-state index contributed by atoms with van der Waals surface area (Å²) in [5.41, 5.74) is 0.343. The van der Waals surface area contributed by atoms with Gasteiger partial charge in [0.25, 0.3) is 5.91 Å². The maximum absolute atomic E-state index is 11.3. The SMILES string of the molecule is CNC(=O)c1ccc(NC2CCC(C)C2C)nn1. The Balaban J connectivity index is 2.00. The molecule has 1 amide bonds. The lowest BCUT2D eigenvalue weighted by Crippen LogP contribution is -2.25. The molecule has 1 fully saturated rings. The molecule has 1 aromatic rings. The lowest BCUT2D eigenvalue weighted by molar-refractivity contribution is 0.0957. The predicted octanol–water partition coefficient (Wildman–Crippen LogP) is 1.68. The standard InChI is InChI=1S/C13H20N4O/c1-8-4-5-10(9(8)2)15-12-7-6-11(16-17-12)13(18)14-3/h6-10H,4-5H2,1-3H3,(H,14,18)(H,15,17). The summed E-state index contributed by atoms with van der Waals surface area (Å²) in [4.78, 5) is 11.3. The third kappa shape index (κ3) is 2.60. The highest BCUT2D eigenvalue weighted by Crippen LogP contribution is 2.32. The van der Waals surface area contributed by atoms with Gasteiger partial charge in [-0.15, -0.1) is 10.2 Å². The average molecular weight is 248 g/mol. The van der Waals surface area contributed by atoms with E-state index >= 15 is 0 Å². The van der Waals surface area contributed by atoms with Crippen LogP contribution < -0.4 is 10.6 Å². The number of carbonyl (C=O) groups excluding carboxylic acids is 1. The highest BCUT2D eigenvalue weighted by Gasteiger charge is 2.29. The topological polar surface area (TPSA) is 66.9 Å². The summed E-state index contributed by atoms with van der Waals surface area (Å²) in [6, 6.07) is 3.96. The number of nitrogens with zero attached hydrogens (tertiary/aromatic N) is 2. The van der Waals surface area contributed by atoms with Crippen LogP contribution in [-0.4, -0.2) is 29.2 Å². The number of rotatable bonds is 3. The Labute approximate surface area is 107 Å². The lowest BCUT2D eigenvalue weighted by atomic mass is 9.98. The van der Waals surface area contributed by atoms with Crippen molar-refractivity contribution in [3.8, 4) is 0 Å². The van der Waals surface area contributed by atoms with Crippen molar-refractivity contribution in [3.05, 3.63) is 17.8 Å². The average Bonchev–Trinajstić information content (AvgIpc) is 2.71. The molecule has 0 radical (unpaired) electrons. The number of hydrogen-bond acceptors (Lipinski definition) is 4. The van der Waals surface area contributed by atoms with Crippen LogP contribution in [0.5, 0.6) is 0 Å². The molecule has 5 heteroatoms. The molecule has 1 heterocycles. The number of nitrogens with one attached hydrogen (secondary N) is 2. The Morgan fingerprint density at radius 3 is 2.56 bits per heavy atom. The van der Waals surface area contributed by atoms with Crippen LogP contribution in [0.2, 0.25) is 0 Å². The molecule has 1 aliphatic rings. The highest BCUT2D eigenvalue weighted by atomic mass is 16.1. The molecular formula is C13H20N4O. The van der Waals surface area contributed by atoms with Gasteiger partial charge in [-0.25, -0.2) is 0 Å². The maximum Gasteiger partial charge on any atom is 0.271 e. The van der Waals surface area contributed by atoms with Gasteiger partial charge in [-0.2, -0.15) is 0 Å². The molecule has 2 rings (SSSR count). The summed E-state index contributed by atoms with van der Waals surface area (Å²) < 4.78 is 0. The van der Waals surface area contributed by atoms with Crippen LogP contribution in [0.15, 0.2) is 12.1 Å². The Morgan fingerprint density at radius 2 is 2.06 bits per heavy atom. The first-order valence-corrected chi connectivity index (χ1v) is 6.44. The van der Waals surface area contributed by atoms with Gasteiger partial charge in [0, 0.05) is 13.1 Å². The molecule has 1 aliphatic carbocycles. The second kappa shape index (κ2) is 5.33. The highest BCUT2D eigenvalue weighted by molar-refractivity contribution is 5.91. The fourth-order valence-corrected chi connectivity index (χ4v) is 2.42. The van der Waals surface area contributed by atoms with E-state index in [0.717, 1.165) is 11.7 Å². The van der Waals surface area contributed by atoms with Crippen molar-refractivity contribution in [2.45, 2.75) is 32.7 Å². The van der Waals surface area contributed by atoms with Gasteiger partial charge in [0.2, 0.25) is 0 Å². The summed E-state index contributed by atoms with van der Waals surface area (Å²) in [5, 5.41) is 13.9. The van der Waals surface area contributed by atoms with Crippen LogP contribution in [0.1, 0.15) is 37.2 Å². The minimum absolute atomic E-state index is 0.211. The summed E-state index contributed by atoms with van der Waals surface area (Å²) >= 11 is 0. The Kier molecular flexibility index (Phi) is 3.79. The Bertz CT molecular complexity index is 418. The molecule has 0 spiro atoms. The molecule has 98 valence electrons. The maximum atomic E-state index is 11.3. The molecule has 3 atom stereocenters. The predicted molar refractivity (Wildman–Crippen MR) is 70.4 cm³/mol. The zero-order chi connectivity index (χ0) is 13.1. The number of hydrogen-bond donors (Lipinski definition) is 2. The first-order chi connectivity index (χ1) is 8.61. The third-order valence-corrected chi connectivity index (χ3v) is 3.92. The Hall–Kier alpha value is -1.65. The molecule has 18 heavy (non-hydrogen) atoms. The number of anilines is 1. The number of carbonyl (C=O) groups is 1. The number of amides is 1. The van der Waals surface area contributed by atoms with Gasteiger partial charge < -0.3 is 10.6 Å². The van der Waals surface area contributed by atoms with Gasteiger partial charge in [-0.3, -0.25) is 4.79 Å². The third-order valence-electron chi connectivity index (χ3n) is 3.92. The van der Waals surface area contributed by atoms with Crippen molar-refractivity contribution < 1.29 is 4.79 Å². The zero-order valence-corrected chi connectivity index (χ0v) is 11.1. The van der Waals surface area contributed by atoms with Crippen LogP contribution >= 0.6 is 0 Å². The molecule has 0 aliphatic heterocycles. The molecule has 5 nitrogen and oxygen atoms in total. The van der Waals surface area contributed by atoms with Gasteiger partial charge >= 0.3 is 0 Å². The molecule has 1 aromatic heterocycles. The fourth-order valence-electron chi connectivity index (χ4n) is 2.42. The number of aromatic nitrogens is 2. The van der Waals surface area contributed by atoms with E-state index in [1.165, 1.54) is 12.8 Å². The summed E-state index contributed by atoms with van der Waals surface area (Å²) in [7, 11) is 1.58. The first-order valence-electron chi connectivity index (χ1n) is 6.44. The van der Waals surface area contributed by atoms with Crippen molar-refractivity contribution >= 4 is 11.7 Å². The second-order valence-corrected chi connectivity index (χ2v) is 5.05. The van der Waals surface area contributed by atoms with Crippen LogP contribution in [-0.2, 0) is 0 Å². The van der Waals surface area contributed by atoms with Crippen molar-refractivity contribution in [1.82, 2.24) is 15.5 Å². The van der Waals surface area contributed by atoms with E-state index in [9.17, 15) is 4.79 Å². The summed E-state index contributed by atoms with van der Waals surface area (Å²) in [6.45, 7) is 4.55. The molecule has 0 aromatic carbocycles. The van der Waals surface area contributed by atoms with Crippen molar-refractivity contribution in [2.75, 3.05) is 12.4 Å². The van der Waals surface area contributed by atoms with Crippen LogP contribution in [0.3, 0.4) is 0 Å². The zero-order valence-electron chi connectivity index (χ0n) is 11.1. The van der Waals surface area contributed by atoms with E-state index in [2.05, 4.69) is 34.7 Å². The van der Waals surface area contributed by atoms with Crippen molar-refractivity contribution in [2.24, 2.45) is 11.8 Å². The van der Waals surface area contributed by atoms with Gasteiger partial charge in [-0.05, 0) is 36.8 Å². The molecule has 3 unspecified atom stereocenters. The molecule has 1 saturated carbocycles. The van der Waals surface area contributed by atoms with E-state index in [1.54, 1.807) is 13.1 Å². The molecule has 0 bridgehead atoms. The van der Waals surface area contributed by atoms with E-state index in [1.807, 2.05) is 6.07 Å². The fraction of sp³-hybridized carbons (Fsp3) is 0.615. The smallest absolute Gasteiger partial charge is 0.271 e. The van der Waals surface area contributed by atoms with Gasteiger partial charge in [-0.1, -0.05) is 13.8 Å². The quantitative estimate of drug-likeness (QED) is 0.854. The first kappa shape index (κ1) is 12.8. The van der Waals surface area contributed by atoms with Gasteiger partial charge in [0.15, 0.2) is 5.69 Å². The Morgan fingerprint density at radius 1 is 1.28 bits per heavy atom. The van der Waals surface area contributed by atoms with E-state index < -0.39 is 0 Å². The second-order valence-electron chi connectivity index (χ2n) is 5.05. The van der Waals surface area contributed by atoms with Crippen LogP contribution in [0, 0.1) is 11.8 Å². The monoisotopic (exact) mass is 248 g/mol. The summed E-state index contributed by atoms with van der Waals surface area (Å²) in [6.07, 6.45) is 2.42. The molecule has 2 N–H and O–H groups in total. The summed E-state index contributed by atoms with van der Waals surface area (Å²) in [5.74, 6) is 1.93. The minimum atomic E-state index is -0.211. The van der Waals surface area contributed by atoms with Crippen LogP contribution in [0.25, 0.3) is 0 Å². The van der Waals surface area contributed by atoms with Crippen molar-refractivity contribution in [3.63, 3.8) is 0 Å². The van der Waals surface area contributed by atoms with Crippen molar-refractivity contribution in [1.29, 1.82) is 0 Å². The molecular weight excluding hydrogens is 228 g/mol. The van der Waals surface area contributed by atoms with E-state index in [-0.39, 0.29) is 5.91 Å². The molecule has 0 saturated heterocycles. The lowest BCUT2D eigenvalue weighted by Gasteiger charge is -2.19. The minimum Gasteiger partial charge on any atom is -0.366 e. The normalized spacial score (nSPS) is 26.9. The largest absolute Gasteiger partial charge is 0.366 e. The van der Waals surface area contributed by atoms with Gasteiger partial charge in [0.1, 0.15) is 5.82 Å².